The van der Waals surface area contributed by atoms with Crippen molar-refractivity contribution in [1.29, 1.82) is 0 Å². The molecule has 3 aromatic heterocycles. The Morgan fingerprint density at radius 3 is 2.77 bits per heavy atom. The van der Waals surface area contributed by atoms with Crippen LogP contribution >= 0.6 is 0 Å². The molecule has 1 saturated heterocycles. The minimum atomic E-state index is -0.763. The Bertz CT molecular complexity index is 1350. The number of furan rings is 1. The van der Waals surface area contributed by atoms with Crippen molar-refractivity contribution < 1.29 is 27.5 Å². The van der Waals surface area contributed by atoms with Crippen LogP contribution in [0.3, 0.4) is 0 Å². The van der Waals surface area contributed by atoms with Crippen molar-refractivity contribution in [2.24, 2.45) is 0 Å². The largest absolute Gasteiger partial charge is 0.453 e. The molecule has 182 valence electrons. The molecule has 0 radical (unpaired) electrons. The zero-order chi connectivity index (χ0) is 24.5. The minimum absolute atomic E-state index is 0.189. The van der Waals surface area contributed by atoms with E-state index in [2.05, 4.69) is 10.3 Å². The van der Waals surface area contributed by atoms with Crippen LogP contribution in [0.25, 0.3) is 16.9 Å². The molecule has 4 heterocycles. The van der Waals surface area contributed by atoms with Crippen LogP contribution < -0.4 is 5.32 Å². The zero-order valence-corrected chi connectivity index (χ0v) is 19.3. The summed E-state index contributed by atoms with van der Waals surface area (Å²) in [6, 6.07) is 9.47. The molecule has 1 amide bonds. The van der Waals surface area contributed by atoms with E-state index in [-0.39, 0.29) is 16.9 Å². The van der Waals surface area contributed by atoms with Gasteiger partial charge in [-0.3, -0.25) is 0 Å². The lowest BCUT2D eigenvalue weighted by Crippen LogP contribution is -2.46. The Hall–Kier alpha value is -3.92. The highest BCUT2D eigenvalue weighted by molar-refractivity contribution is 5.71. The number of aryl methyl sites for hydroxylation is 1. The lowest BCUT2D eigenvalue weighted by atomic mass is 10.0. The van der Waals surface area contributed by atoms with Crippen LogP contribution in [0.15, 0.2) is 53.3 Å². The van der Waals surface area contributed by atoms with E-state index >= 15 is 8.78 Å². The molecule has 4 aromatic rings. The summed E-state index contributed by atoms with van der Waals surface area (Å²) >= 11 is 0. The molecule has 0 spiro atoms. The maximum atomic E-state index is 15.3. The Labute approximate surface area is 200 Å². The second-order valence-corrected chi connectivity index (χ2v) is 8.37. The molecule has 1 fully saturated rings. The van der Waals surface area contributed by atoms with Crippen molar-refractivity contribution in [2.45, 2.75) is 19.4 Å². The topological polar surface area (TPSA) is 81.2 Å². The summed E-state index contributed by atoms with van der Waals surface area (Å²) in [6.45, 7) is 2.96. The van der Waals surface area contributed by atoms with Gasteiger partial charge in [0.05, 0.1) is 49.6 Å². The van der Waals surface area contributed by atoms with E-state index < -0.39 is 23.8 Å². The summed E-state index contributed by atoms with van der Waals surface area (Å²) in [5.41, 5.74) is 2.28. The molecule has 0 unspecified atom stereocenters. The van der Waals surface area contributed by atoms with Gasteiger partial charge in [-0.05, 0) is 42.8 Å². The Morgan fingerprint density at radius 2 is 2.06 bits per heavy atom. The summed E-state index contributed by atoms with van der Waals surface area (Å²) in [5, 5.41) is 2.84. The first-order chi connectivity index (χ1) is 16.9. The number of nitrogens with one attached hydrogen (secondary N) is 1. The number of amides is 1. The van der Waals surface area contributed by atoms with Gasteiger partial charge in [0.15, 0.2) is 5.88 Å². The molecular formula is C25H24F2N4O4. The van der Waals surface area contributed by atoms with Crippen molar-refractivity contribution in [3.63, 3.8) is 0 Å². The number of halogens is 2. The third-order valence-electron chi connectivity index (χ3n) is 5.94. The van der Waals surface area contributed by atoms with Gasteiger partial charge in [0.1, 0.15) is 17.3 Å². The summed E-state index contributed by atoms with van der Waals surface area (Å²) < 4.78 is 48.4. The molecule has 10 heteroatoms. The molecule has 1 aromatic carbocycles. The molecule has 1 aliphatic heterocycles. The number of nitrogens with zero attached hydrogens (tertiary/aromatic N) is 3. The van der Waals surface area contributed by atoms with Gasteiger partial charge in [0, 0.05) is 30.9 Å². The van der Waals surface area contributed by atoms with Crippen molar-refractivity contribution in [1.82, 2.24) is 14.3 Å². The summed E-state index contributed by atoms with van der Waals surface area (Å²) in [7, 11) is 1.33. The van der Waals surface area contributed by atoms with Crippen LogP contribution in [0.1, 0.15) is 11.3 Å². The number of fused-ring (bicyclic) bond motifs is 1. The third-order valence-corrected chi connectivity index (χ3v) is 5.94. The van der Waals surface area contributed by atoms with Gasteiger partial charge in [-0.1, -0.05) is 0 Å². The second kappa shape index (κ2) is 9.38. The first kappa shape index (κ1) is 22.9. The first-order valence-electron chi connectivity index (χ1n) is 11.1. The van der Waals surface area contributed by atoms with Crippen LogP contribution in [0.4, 0.5) is 25.1 Å². The predicted molar refractivity (Wildman–Crippen MR) is 125 cm³/mol. The third kappa shape index (κ3) is 4.57. The number of benzene rings is 1. The number of morpholine rings is 1. The van der Waals surface area contributed by atoms with Crippen molar-refractivity contribution in [2.75, 3.05) is 32.1 Å². The van der Waals surface area contributed by atoms with Gasteiger partial charge in [-0.2, -0.15) is 0 Å². The van der Waals surface area contributed by atoms with E-state index in [9.17, 15) is 4.79 Å². The number of pyridine rings is 1. The van der Waals surface area contributed by atoms with E-state index in [0.717, 1.165) is 5.56 Å². The Kier molecular flexibility index (Phi) is 6.12. The van der Waals surface area contributed by atoms with Crippen molar-refractivity contribution in [3.05, 3.63) is 71.8 Å². The number of imidazole rings is 1. The van der Waals surface area contributed by atoms with Gasteiger partial charge in [0.25, 0.3) is 0 Å². The minimum Gasteiger partial charge on any atom is -0.453 e. The summed E-state index contributed by atoms with van der Waals surface area (Å²) in [4.78, 5) is 18.1. The number of hydrogen-bond acceptors (Lipinski definition) is 6. The molecule has 1 aliphatic rings. The molecule has 0 bridgehead atoms. The number of anilines is 2. The number of ether oxygens (including phenoxy) is 2. The van der Waals surface area contributed by atoms with Gasteiger partial charge < -0.3 is 28.5 Å². The lowest BCUT2D eigenvalue weighted by Gasteiger charge is -2.32. The fraction of sp³-hybridized carbons (Fsp3) is 0.280. The van der Waals surface area contributed by atoms with Crippen molar-refractivity contribution in [3.8, 4) is 11.3 Å². The highest BCUT2D eigenvalue weighted by atomic mass is 19.1. The highest BCUT2D eigenvalue weighted by Crippen LogP contribution is 2.33. The number of hydrogen-bond donors (Lipinski definition) is 1. The van der Waals surface area contributed by atoms with Gasteiger partial charge in [0.2, 0.25) is 0 Å². The van der Waals surface area contributed by atoms with E-state index in [4.69, 9.17) is 13.9 Å². The van der Waals surface area contributed by atoms with E-state index in [0.29, 0.717) is 43.3 Å². The highest BCUT2D eigenvalue weighted by Gasteiger charge is 2.29. The van der Waals surface area contributed by atoms with Crippen molar-refractivity contribution >= 4 is 23.3 Å². The zero-order valence-electron chi connectivity index (χ0n) is 19.3. The fourth-order valence-corrected chi connectivity index (χ4v) is 4.31. The van der Waals surface area contributed by atoms with Crippen LogP contribution in [0.2, 0.25) is 0 Å². The average Bonchev–Trinajstić information content (AvgIpc) is 3.46. The van der Waals surface area contributed by atoms with Gasteiger partial charge in [-0.15, -0.1) is 0 Å². The van der Waals surface area contributed by atoms with Crippen LogP contribution in [0.5, 0.6) is 0 Å². The Balaban J connectivity index is 1.54. The molecule has 1 N–H and O–H groups in total. The average molecular weight is 482 g/mol. The number of aromatic nitrogens is 2. The molecule has 0 aliphatic carbocycles. The van der Waals surface area contributed by atoms with Crippen LogP contribution in [0, 0.1) is 18.6 Å². The normalized spacial score (nSPS) is 16.0. The molecule has 35 heavy (non-hydrogen) atoms. The number of carbonyl (C=O) groups is 1. The summed E-state index contributed by atoms with van der Waals surface area (Å²) in [5.74, 6) is -1.16. The molecule has 1 atom stereocenters. The van der Waals surface area contributed by atoms with E-state index in [1.807, 2.05) is 25.3 Å². The maximum Gasteiger partial charge on any atom is 0.409 e. The van der Waals surface area contributed by atoms with Gasteiger partial charge in [-0.25, -0.2) is 18.6 Å². The first-order valence-corrected chi connectivity index (χ1v) is 11.1. The second-order valence-electron chi connectivity index (χ2n) is 8.37. The summed E-state index contributed by atoms with van der Waals surface area (Å²) in [6.07, 6.45) is 2.74. The standard InChI is InChI=1S/C25H24F2N4O4/c1-15-5-6-31-20(13-17-14-30(7-9-34-17)25(32)33-2)24(29-21(31)10-15)23-18(26)11-16(12-19(23)27)28-22-4-3-8-35-22/h3-6,8,10-12,17,28H,7,9,13-14H2,1-2H3/t17-/m0/s1. The SMILES string of the molecule is COC(=O)N1CCO[C@@H](Cc2c(-c3c(F)cc(Nc4ccco4)cc3F)nc3cc(C)ccn23)C1. The van der Waals surface area contributed by atoms with E-state index in [1.54, 1.807) is 21.4 Å². The monoisotopic (exact) mass is 482 g/mol. The predicted octanol–water partition coefficient (Wildman–Crippen LogP) is 4.93. The molecule has 8 nitrogen and oxygen atoms in total. The van der Waals surface area contributed by atoms with E-state index in [1.165, 1.54) is 25.5 Å². The van der Waals surface area contributed by atoms with Crippen LogP contribution in [-0.4, -0.2) is 53.3 Å². The molecular weight excluding hydrogens is 458 g/mol. The smallest absolute Gasteiger partial charge is 0.409 e. The number of rotatable bonds is 5. The fourth-order valence-electron chi connectivity index (χ4n) is 4.31. The quantitative estimate of drug-likeness (QED) is 0.434. The van der Waals surface area contributed by atoms with Crippen LogP contribution in [-0.2, 0) is 15.9 Å². The maximum absolute atomic E-state index is 15.3. The lowest BCUT2D eigenvalue weighted by molar-refractivity contribution is -0.0241. The molecule has 0 saturated carbocycles. The number of carbonyl (C=O) groups excluding carboxylic acids is 1. The molecule has 5 rings (SSSR count). The van der Waals surface area contributed by atoms with Gasteiger partial charge >= 0.3 is 6.09 Å². The number of methoxy groups -OCH3 is 1. The Morgan fingerprint density at radius 1 is 1.26 bits per heavy atom.